The normalized spacial score (nSPS) is 17.3. The quantitative estimate of drug-likeness (QED) is 0.0792. The number of rotatable bonds is 17. The van der Waals surface area contributed by atoms with E-state index in [1.807, 2.05) is 35.8 Å². The molecule has 2 atom stereocenters. The van der Waals surface area contributed by atoms with Crippen LogP contribution in [0.15, 0.2) is 41.4 Å². The van der Waals surface area contributed by atoms with E-state index in [2.05, 4.69) is 34.7 Å². The lowest BCUT2D eigenvalue weighted by Crippen LogP contribution is -2.54. The highest BCUT2D eigenvalue weighted by molar-refractivity contribution is 7.15. The first-order chi connectivity index (χ1) is 28.4. The fraction of sp³-hybridized carbons (Fsp3) is 0.400. The molecular weight excluding hydrogens is 804 g/mol. The lowest BCUT2D eigenvalue weighted by molar-refractivity contribution is -0.136. The van der Waals surface area contributed by atoms with E-state index < -0.39 is 35.7 Å². The number of amides is 5. The Bertz CT molecular complexity index is 2330. The molecule has 1 fully saturated rings. The Hall–Kier alpha value is -5.53. The summed E-state index contributed by atoms with van der Waals surface area (Å²) >= 11 is 7.86. The van der Waals surface area contributed by atoms with Gasteiger partial charge in [-0.2, -0.15) is 0 Å². The molecular formula is C40H43ClN8O9S. The van der Waals surface area contributed by atoms with Crippen molar-refractivity contribution in [1.29, 1.82) is 0 Å². The van der Waals surface area contributed by atoms with Crippen molar-refractivity contribution in [2.45, 2.75) is 52.1 Å². The number of benzene rings is 2. The van der Waals surface area contributed by atoms with Gasteiger partial charge in [-0.3, -0.25) is 43.7 Å². The molecule has 2 aromatic carbocycles. The summed E-state index contributed by atoms with van der Waals surface area (Å²) in [6.45, 7) is 8.20. The third-order valence-electron chi connectivity index (χ3n) is 10.1. The number of aryl methyl sites for hydroxylation is 2. The molecule has 3 aliphatic rings. The first-order valence-corrected chi connectivity index (χ1v) is 20.3. The molecule has 7 rings (SSSR count). The predicted molar refractivity (Wildman–Crippen MR) is 216 cm³/mol. The number of nitrogens with zero attached hydrogens (tertiary/aromatic N) is 5. The Morgan fingerprint density at radius 3 is 2.32 bits per heavy atom. The van der Waals surface area contributed by atoms with Gasteiger partial charge in [0.15, 0.2) is 5.82 Å². The van der Waals surface area contributed by atoms with Crippen LogP contribution in [0.4, 0.5) is 5.69 Å². The molecule has 4 N–H and O–H groups in total. The summed E-state index contributed by atoms with van der Waals surface area (Å²) in [5.74, 6) is -1.18. The predicted octanol–water partition coefficient (Wildman–Crippen LogP) is 3.42. The van der Waals surface area contributed by atoms with Crippen LogP contribution in [-0.4, -0.2) is 114 Å². The number of carbonyl (C=O) groups excluding carboxylic acids is 5. The Labute approximate surface area is 348 Å². The zero-order chi connectivity index (χ0) is 41.8. The minimum Gasteiger partial charge on any atom is -0.489 e. The molecule has 4 aromatic rings. The van der Waals surface area contributed by atoms with Gasteiger partial charge in [0.1, 0.15) is 35.3 Å². The van der Waals surface area contributed by atoms with Crippen molar-refractivity contribution in [3.63, 3.8) is 0 Å². The summed E-state index contributed by atoms with van der Waals surface area (Å²) in [5, 5.41) is 15.5. The molecule has 1 unspecified atom stereocenters. The highest BCUT2D eigenvalue weighted by atomic mass is 35.5. The molecule has 0 bridgehead atoms. The number of fused-ring (bicyclic) bond motifs is 4. The smallest absolute Gasteiger partial charge is 0.264 e. The average molecular weight is 847 g/mol. The van der Waals surface area contributed by atoms with Gasteiger partial charge in [-0.15, -0.1) is 21.5 Å². The Morgan fingerprint density at radius 2 is 1.61 bits per heavy atom. The first kappa shape index (κ1) is 41.6. The fourth-order valence-electron chi connectivity index (χ4n) is 7.08. The maximum atomic E-state index is 13.2. The van der Waals surface area contributed by atoms with Gasteiger partial charge in [-0.1, -0.05) is 23.7 Å². The summed E-state index contributed by atoms with van der Waals surface area (Å²) in [7, 11) is 0. The highest BCUT2D eigenvalue weighted by Gasteiger charge is 2.46. The van der Waals surface area contributed by atoms with Crippen LogP contribution in [0.25, 0.3) is 5.00 Å². The first-order valence-electron chi connectivity index (χ1n) is 19.1. The molecule has 3 aliphatic heterocycles. The standard InChI is InChI=1S/C40H43ClN8O9S/c1-21-22(2)59-40-32(21)35(24-4-6-25(41)7-5-24)44-27(36-47-46-23(3)48(36)40)20-31(51)43-12-13-55-14-15-56-16-17-57-18-19-58-29-10-8-26-33(34(29)42)39(54)49(38(26)53)28-9-11-30(50)45-37(28)52/h4-8,10,27-28H,9,11-20,42H2,1-3H3,(H,43,51)(H,45,50,52)/t27-,28?/m0/s1. The van der Waals surface area contributed by atoms with Gasteiger partial charge in [-0.25, -0.2) is 0 Å². The van der Waals surface area contributed by atoms with E-state index in [9.17, 15) is 24.0 Å². The third kappa shape index (κ3) is 8.77. The van der Waals surface area contributed by atoms with E-state index in [-0.39, 0.29) is 67.6 Å². The number of aliphatic imine (C=N–C) groups is 1. The van der Waals surface area contributed by atoms with E-state index >= 15 is 0 Å². The second-order valence-electron chi connectivity index (χ2n) is 14.0. The Morgan fingerprint density at radius 1 is 0.915 bits per heavy atom. The molecule has 17 nitrogen and oxygen atoms in total. The SMILES string of the molecule is Cc1sc2c(c1C)C(c1ccc(Cl)cc1)=N[C@@H](CC(=O)NCCOCCOCCOCCOc1ccc3c(c1N)C(=O)N(C1CCC(=O)NC1=O)C3=O)c1nnc(C)n1-2. The monoisotopic (exact) mass is 846 g/mol. The average Bonchev–Trinajstić information content (AvgIpc) is 3.78. The number of carbonyl (C=O) groups is 5. The largest absolute Gasteiger partial charge is 0.489 e. The van der Waals surface area contributed by atoms with E-state index in [0.717, 1.165) is 43.0 Å². The van der Waals surface area contributed by atoms with E-state index in [0.29, 0.717) is 43.8 Å². The number of ether oxygens (including phenoxy) is 4. The molecule has 1 saturated heterocycles. The van der Waals surface area contributed by atoms with Crippen LogP contribution >= 0.6 is 22.9 Å². The van der Waals surface area contributed by atoms with E-state index in [1.165, 1.54) is 12.1 Å². The lowest BCUT2D eigenvalue weighted by Gasteiger charge is -2.27. The van der Waals surface area contributed by atoms with Crippen molar-refractivity contribution in [2.24, 2.45) is 4.99 Å². The second-order valence-corrected chi connectivity index (χ2v) is 15.6. The number of nitrogen functional groups attached to an aromatic ring is 1. The van der Waals surface area contributed by atoms with Crippen LogP contribution in [0.5, 0.6) is 5.75 Å². The van der Waals surface area contributed by atoms with Crippen LogP contribution in [0.3, 0.4) is 0 Å². The number of hydrogen-bond acceptors (Lipinski definition) is 14. The number of nitrogens with one attached hydrogen (secondary N) is 2. The van der Waals surface area contributed by atoms with Gasteiger partial charge in [0, 0.05) is 34.0 Å². The van der Waals surface area contributed by atoms with Crippen molar-refractivity contribution in [2.75, 3.05) is 58.5 Å². The maximum absolute atomic E-state index is 13.2. The number of nitrogens with two attached hydrogens (primary N) is 1. The molecule has 0 saturated carbocycles. The van der Waals surface area contributed by atoms with Crippen LogP contribution in [0, 0.1) is 20.8 Å². The number of hydrogen-bond donors (Lipinski definition) is 3. The van der Waals surface area contributed by atoms with Gasteiger partial charge in [0.05, 0.1) is 68.6 Å². The van der Waals surface area contributed by atoms with Gasteiger partial charge < -0.3 is 30.0 Å². The summed E-state index contributed by atoms with van der Waals surface area (Å²) in [6.07, 6.45) is 0.136. The van der Waals surface area contributed by atoms with Crippen molar-refractivity contribution < 1.29 is 42.9 Å². The summed E-state index contributed by atoms with van der Waals surface area (Å²) in [4.78, 5) is 70.3. The molecule has 2 aromatic heterocycles. The van der Waals surface area contributed by atoms with Gasteiger partial charge in [-0.05, 0) is 57.0 Å². The van der Waals surface area contributed by atoms with Gasteiger partial charge in [0.2, 0.25) is 17.7 Å². The number of aromatic nitrogens is 3. The van der Waals surface area contributed by atoms with Gasteiger partial charge >= 0.3 is 0 Å². The Balaban J connectivity index is 0.794. The number of anilines is 1. The van der Waals surface area contributed by atoms with Crippen molar-refractivity contribution >= 4 is 63.9 Å². The fourth-order valence-corrected chi connectivity index (χ4v) is 8.42. The number of piperidine rings is 1. The van der Waals surface area contributed by atoms with E-state index in [1.54, 1.807) is 11.3 Å². The molecule has 19 heteroatoms. The molecule has 310 valence electrons. The maximum Gasteiger partial charge on any atom is 0.264 e. The van der Waals surface area contributed by atoms with Crippen LogP contribution in [-0.2, 0) is 28.6 Å². The minimum absolute atomic E-state index is 0.0146. The molecule has 5 amide bonds. The minimum atomic E-state index is -1.09. The van der Waals surface area contributed by atoms with E-state index in [4.69, 9.17) is 41.3 Å². The highest BCUT2D eigenvalue weighted by Crippen LogP contribution is 2.40. The van der Waals surface area contributed by atoms with Crippen molar-refractivity contribution in [3.8, 4) is 10.8 Å². The number of imide groups is 2. The topological polar surface area (TPSA) is 219 Å². The molecule has 0 radical (unpaired) electrons. The van der Waals surface area contributed by atoms with Gasteiger partial charge in [0.25, 0.3) is 11.8 Å². The summed E-state index contributed by atoms with van der Waals surface area (Å²) < 4.78 is 24.5. The molecule has 0 spiro atoms. The summed E-state index contributed by atoms with van der Waals surface area (Å²) in [6, 6.07) is 8.80. The number of thiophene rings is 1. The molecule has 5 heterocycles. The third-order valence-corrected chi connectivity index (χ3v) is 11.6. The van der Waals surface area contributed by atoms with Crippen molar-refractivity contribution in [1.82, 2.24) is 30.3 Å². The lowest BCUT2D eigenvalue weighted by atomic mass is 9.99. The molecule has 0 aliphatic carbocycles. The second kappa shape index (κ2) is 18.2. The summed E-state index contributed by atoms with van der Waals surface area (Å²) in [5.41, 5.74) is 10.0. The molecule has 59 heavy (non-hydrogen) atoms. The zero-order valence-corrected chi connectivity index (χ0v) is 34.2. The number of halogens is 1. The van der Waals surface area contributed by atoms with Crippen LogP contribution < -0.4 is 21.1 Å². The zero-order valence-electron chi connectivity index (χ0n) is 32.7. The Kier molecular flexibility index (Phi) is 12.8. The van der Waals surface area contributed by atoms with Crippen LogP contribution in [0.1, 0.15) is 79.2 Å². The van der Waals surface area contributed by atoms with Crippen LogP contribution in [0.2, 0.25) is 5.02 Å². The van der Waals surface area contributed by atoms with Crippen molar-refractivity contribution in [3.05, 3.63) is 85.8 Å².